The van der Waals surface area contributed by atoms with Crippen molar-refractivity contribution in [1.29, 1.82) is 0 Å². The average molecular weight is 1040 g/mol. The van der Waals surface area contributed by atoms with Gasteiger partial charge in [-0.15, -0.1) is 10.2 Å². The molecule has 0 spiro atoms. The Kier molecular flexibility index (Phi) is 14.2. The summed E-state index contributed by atoms with van der Waals surface area (Å²) < 4.78 is 54.9. The van der Waals surface area contributed by atoms with Gasteiger partial charge in [-0.3, -0.25) is 28.0 Å². The van der Waals surface area contributed by atoms with Crippen LogP contribution in [0, 0.1) is 0 Å². The highest BCUT2D eigenvalue weighted by atomic mass is 32.2. The molecule has 0 aliphatic carbocycles. The van der Waals surface area contributed by atoms with Crippen LogP contribution in [0.3, 0.4) is 0 Å². The van der Waals surface area contributed by atoms with Gasteiger partial charge in [0, 0.05) is 76.9 Å². The van der Waals surface area contributed by atoms with E-state index < -0.39 is 20.0 Å². The predicted molar refractivity (Wildman–Crippen MR) is 289 cm³/mol. The van der Waals surface area contributed by atoms with Gasteiger partial charge in [-0.05, 0) is 85.9 Å². The zero-order chi connectivity index (χ0) is 52.6. The summed E-state index contributed by atoms with van der Waals surface area (Å²) in [5.74, 6) is 0.879. The fourth-order valence-electron chi connectivity index (χ4n) is 9.13. The Morgan fingerprint density at radius 3 is 1.30 bits per heavy atom. The molecule has 74 heavy (non-hydrogen) atoms. The number of benzene rings is 4. The highest BCUT2D eigenvalue weighted by Gasteiger charge is 2.33. The number of nitrogens with one attached hydrogen (secondary N) is 2. The smallest absolute Gasteiger partial charge is 0.245 e. The van der Waals surface area contributed by atoms with Gasteiger partial charge < -0.3 is 20.4 Å². The van der Waals surface area contributed by atoms with Gasteiger partial charge in [0.1, 0.15) is 12.1 Å². The molecule has 4 aromatic carbocycles. The van der Waals surface area contributed by atoms with E-state index in [9.17, 15) is 26.4 Å². The molecule has 0 radical (unpaired) electrons. The van der Waals surface area contributed by atoms with Gasteiger partial charge in [0.05, 0.1) is 58.7 Å². The molecule has 2 saturated heterocycles. The minimum atomic E-state index is -3.45. The molecule has 0 bridgehead atoms. The number of nitrogens with zero attached hydrogens (tertiary/aromatic N) is 12. The molecular weight excluding hydrogens is 981 g/mol. The lowest BCUT2D eigenvalue weighted by Crippen LogP contribution is -2.48. The van der Waals surface area contributed by atoms with E-state index in [2.05, 4.69) is 30.4 Å². The lowest BCUT2D eigenvalue weighted by molar-refractivity contribution is -0.140. The lowest BCUT2D eigenvalue weighted by atomic mass is 10.0. The minimum Gasteiger partial charge on any atom is -0.343 e. The monoisotopic (exact) mass is 1040 g/mol. The topological polar surface area (TPSA) is 206 Å². The fourth-order valence-corrected chi connectivity index (χ4v) is 10.2. The van der Waals surface area contributed by atoms with Gasteiger partial charge in [0.2, 0.25) is 43.8 Å². The Hall–Kier alpha value is -7.92. The van der Waals surface area contributed by atoms with E-state index >= 15 is 0 Å². The quantitative estimate of drug-likeness (QED) is 0.145. The molecule has 2 amide bonds. The number of hydrogen-bond acceptors (Lipinski definition) is 14. The van der Waals surface area contributed by atoms with Crippen molar-refractivity contribution in [2.45, 2.75) is 12.1 Å². The Morgan fingerprint density at radius 2 is 0.905 bits per heavy atom. The van der Waals surface area contributed by atoms with Crippen molar-refractivity contribution in [2.75, 3.05) is 100 Å². The van der Waals surface area contributed by atoms with Crippen molar-refractivity contribution in [2.24, 2.45) is 0 Å². The Bertz CT molecular complexity index is 3410. The first-order valence-corrected chi connectivity index (χ1v) is 27.4. The molecule has 2 fully saturated rings. The molecule has 10 rings (SSSR count). The number of likely N-dealkylation sites (N-methyl/N-ethyl adjacent to an activating group) is 4. The second-order valence-electron chi connectivity index (χ2n) is 18.6. The van der Waals surface area contributed by atoms with E-state index in [4.69, 9.17) is 10.2 Å². The number of rotatable bonds is 12. The third kappa shape index (κ3) is 10.5. The number of fused-ring (bicyclic) bond motifs is 2. The van der Waals surface area contributed by atoms with Crippen LogP contribution in [0.1, 0.15) is 23.2 Å². The largest absolute Gasteiger partial charge is 0.343 e. The van der Waals surface area contributed by atoms with Crippen molar-refractivity contribution in [1.82, 2.24) is 48.8 Å². The van der Waals surface area contributed by atoms with Crippen LogP contribution in [0.5, 0.6) is 0 Å². The summed E-state index contributed by atoms with van der Waals surface area (Å²) in [6.45, 7) is 3.02. The van der Waals surface area contributed by atoms with Crippen molar-refractivity contribution >= 4 is 77.5 Å². The van der Waals surface area contributed by atoms with Crippen LogP contribution in [0.4, 0.5) is 34.6 Å². The van der Waals surface area contributed by atoms with E-state index in [0.717, 1.165) is 69.1 Å². The minimum absolute atomic E-state index is 0.0679. The highest BCUT2D eigenvalue weighted by molar-refractivity contribution is 7.92. The molecule has 6 heterocycles. The maximum atomic E-state index is 12.8. The van der Waals surface area contributed by atoms with Gasteiger partial charge in [0.15, 0.2) is 0 Å². The van der Waals surface area contributed by atoms with Crippen molar-refractivity contribution in [3.63, 3.8) is 0 Å². The zero-order valence-corrected chi connectivity index (χ0v) is 44.0. The van der Waals surface area contributed by atoms with E-state index in [1.165, 1.54) is 35.2 Å². The number of amides is 2. The number of anilines is 6. The Labute approximate surface area is 430 Å². The molecular formula is C52H58N14O6S2. The molecule has 2 atom stereocenters. The molecule has 2 aliphatic rings. The van der Waals surface area contributed by atoms with Gasteiger partial charge in [0.25, 0.3) is 0 Å². The van der Waals surface area contributed by atoms with E-state index in [1.807, 2.05) is 125 Å². The maximum Gasteiger partial charge on any atom is 0.245 e. The van der Waals surface area contributed by atoms with Crippen LogP contribution >= 0.6 is 0 Å². The predicted octanol–water partition coefficient (Wildman–Crippen LogP) is 5.96. The van der Waals surface area contributed by atoms with E-state index in [0.29, 0.717) is 36.4 Å². The summed E-state index contributed by atoms with van der Waals surface area (Å²) in [5, 5.41) is 15.9. The van der Waals surface area contributed by atoms with Crippen molar-refractivity contribution in [3.05, 3.63) is 145 Å². The number of aromatic nitrogens is 6. The number of hydrogen-bond donors (Lipinski definition) is 2. The van der Waals surface area contributed by atoms with Crippen LogP contribution in [-0.4, -0.2) is 158 Å². The number of carbonyl (C=O) groups excluding carboxylic acids is 2. The van der Waals surface area contributed by atoms with Crippen LogP contribution in [0.15, 0.2) is 134 Å². The molecule has 384 valence electrons. The maximum absolute atomic E-state index is 12.8. The second kappa shape index (κ2) is 20.5. The summed E-state index contributed by atoms with van der Waals surface area (Å²) in [6, 6.07) is 36.9. The van der Waals surface area contributed by atoms with Gasteiger partial charge >= 0.3 is 0 Å². The van der Waals surface area contributed by atoms with E-state index in [1.54, 1.807) is 55.5 Å². The van der Waals surface area contributed by atoms with E-state index in [-0.39, 0.29) is 23.9 Å². The lowest BCUT2D eigenvalue weighted by Gasteiger charge is -2.37. The number of sulfonamides is 2. The first kappa shape index (κ1) is 51.0. The molecule has 4 aromatic heterocycles. The first-order valence-electron chi connectivity index (χ1n) is 23.7. The normalized spacial score (nSPS) is 16.8. The van der Waals surface area contributed by atoms with Crippen LogP contribution in [-0.2, 0) is 29.6 Å². The zero-order valence-electron chi connectivity index (χ0n) is 42.3. The van der Waals surface area contributed by atoms with Crippen LogP contribution in [0.25, 0.3) is 33.5 Å². The fraction of sp³-hybridized carbons (Fsp3) is 0.269. The summed E-state index contributed by atoms with van der Waals surface area (Å²) in [7, 11) is 3.74. The molecule has 0 saturated carbocycles. The average Bonchev–Trinajstić information content (AvgIpc) is 4.00. The standard InChI is InChI=1S/2C26H29N7O3S/c2*1-30-14-15-31(2)25(34)24(30)18-8-7-9-19(16-18)28-26-27-17-20-12-13-23(33(20)29-26)21-10-5-6-11-22(21)32(3)37(4,35)36/h2*5-13,16-17,24H,14-15H2,1-4H3,(H,28,29). The molecule has 8 aromatic rings. The summed E-state index contributed by atoms with van der Waals surface area (Å²) >= 11 is 0. The summed E-state index contributed by atoms with van der Waals surface area (Å²) in [5.41, 5.74) is 8.87. The third-order valence-electron chi connectivity index (χ3n) is 13.4. The summed E-state index contributed by atoms with van der Waals surface area (Å²) in [6.07, 6.45) is 5.77. The third-order valence-corrected chi connectivity index (χ3v) is 15.8. The Morgan fingerprint density at radius 1 is 0.514 bits per heavy atom. The van der Waals surface area contributed by atoms with Crippen LogP contribution < -0.4 is 19.2 Å². The van der Waals surface area contributed by atoms with Gasteiger partial charge in [-0.2, -0.15) is 0 Å². The van der Waals surface area contributed by atoms with Gasteiger partial charge in [-0.25, -0.2) is 35.8 Å². The molecule has 2 aliphatic heterocycles. The number of para-hydroxylation sites is 2. The molecule has 20 nitrogen and oxygen atoms in total. The molecule has 2 N–H and O–H groups in total. The summed E-state index contributed by atoms with van der Waals surface area (Å²) in [4.78, 5) is 42.2. The number of piperazine rings is 2. The molecule has 22 heteroatoms. The second-order valence-corrected chi connectivity index (χ2v) is 22.6. The van der Waals surface area contributed by atoms with Gasteiger partial charge in [-0.1, -0.05) is 60.7 Å². The van der Waals surface area contributed by atoms with Crippen molar-refractivity contribution in [3.8, 4) is 22.5 Å². The van der Waals surface area contributed by atoms with Crippen LogP contribution in [0.2, 0.25) is 0 Å². The number of carbonyl (C=O) groups is 2. The molecule has 2 unspecified atom stereocenters. The first-order chi connectivity index (χ1) is 35.3. The Balaban J connectivity index is 0.000000182. The van der Waals surface area contributed by atoms with Crippen molar-refractivity contribution < 1.29 is 26.4 Å². The SMILES string of the molecule is CN1CCN(C)C(c2cccc(Nc3ncc4ccc(-c5ccccc5N(C)S(C)(=O)=O)n4n3)c2)C1=O.CN1CCN(C)C(c2cccc(Nc3ncc4ccc(-c5ccccc5N(C)S(C)(=O)=O)n4n3)c2)C1=O. The highest BCUT2D eigenvalue weighted by Crippen LogP contribution is 2.35.